The average molecular weight is 273 g/mol. The van der Waals surface area contributed by atoms with Gasteiger partial charge in [0.1, 0.15) is 5.82 Å². The van der Waals surface area contributed by atoms with Crippen LogP contribution in [-0.4, -0.2) is 40.7 Å². The number of aryl methyl sites for hydroxylation is 1. The summed E-state index contributed by atoms with van der Waals surface area (Å²) in [6, 6.07) is 0.902. The van der Waals surface area contributed by atoms with Crippen LogP contribution in [0.3, 0.4) is 0 Å². The van der Waals surface area contributed by atoms with Gasteiger partial charge in [0.05, 0.1) is 6.54 Å². The number of hydrogen-bond donors (Lipinski definition) is 2. The minimum Gasteiger partial charge on any atom is -0.364 e. The third kappa shape index (κ3) is 3.01. The summed E-state index contributed by atoms with van der Waals surface area (Å²) in [6.07, 6.45) is 0.136. The maximum absolute atomic E-state index is 13.7. The first kappa shape index (κ1) is 13.7. The summed E-state index contributed by atoms with van der Waals surface area (Å²) < 4.78 is 28.8. The van der Waals surface area contributed by atoms with Gasteiger partial charge in [0.25, 0.3) is 11.8 Å². The molecule has 4 N–H and O–H groups in total. The van der Waals surface area contributed by atoms with Gasteiger partial charge in [0.15, 0.2) is 5.69 Å². The Labute approximate surface area is 109 Å². The maximum atomic E-state index is 13.7. The van der Waals surface area contributed by atoms with Crippen LogP contribution in [0.1, 0.15) is 23.3 Å². The number of primary amides is 1. The zero-order chi connectivity index (χ0) is 14.2. The Morgan fingerprint density at radius 1 is 1.58 bits per heavy atom. The Balaban J connectivity index is 2.27. The van der Waals surface area contributed by atoms with E-state index in [-0.39, 0.29) is 12.1 Å². The van der Waals surface area contributed by atoms with Gasteiger partial charge in [0, 0.05) is 32.1 Å². The second kappa shape index (κ2) is 4.76. The van der Waals surface area contributed by atoms with Gasteiger partial charge >= 0.3 is 0 Å². The minimum atomic E-state index is -2.85. The quantitative estimate of drug-likeness (QED) is 0.798. The number of anilines is 1. The molecule has 106 valence electrons. The molecule has 1 atom stereocenters. The maximum Gasteiger partial charge on any atom is 0.269 e. The van der Waals surface area contributed by atoms with Crippen LogP contribution in [0.15, 0.2) is 6.07 Å². The fourth-order valence-corrected chi connectivity index (χ4v) is 2.30. The summed E-state index contributed by atoms with van der Waals surface area (Å²) in [5, 5.41) is 3.91. The molecule has 0 saturated carbocycles. The number of rotatable bonds is 2. The summed E-state index contributed by atoms with van der Waals surface area (Å²) in [6.45, 7) is -0.0348. The molecular formula is C11H17F2N5O. The van der Waals surface area contributed by atoms with Crippen molar-refractivity contribution in [2.24, 2.45) is 18.5 Å². The van der Waals surface area contributed by atoms with Crippen molar-refractivity contribution in [1.29, 1.82) is 0 Å². The van der Waals surface area contributed by atoms with E-state index in [1.54, 1.807) is 7.05 Å². The topological polar surface area (TPSA) is 90.2 Å². The number of nitrogens with zero attached hydrogens (tertiary/aromatic N) is 3. The molecule has 1 aromatic heterocycles. The van der Waals surface area contributed by atoms with Gasteiger partial charge in [-0.05, 0) is 6.42 Å². The van der Waals surface area contributed by atoms with Gasteiger partial charge in [-0.25, -0.2) is 8.78 Å². The highest BCUT2D eigenvalue weighted by Gasteiger charge is 2.37. The number of carbonyl (C=O) groups is 1. The van der Waals surface area contributed by atoms with E-state index in [9.17, 15) is 13.6 Å². The third-order valence-electron chi connectivity index (χ3n) is 3.18. The number of nitrogens with two attached hydrogens (primary N) is 2. The molecule has 2 rings (SSSR count). The monoisotopic (exact) mass is 273 g/mol. The molecule has 1 fully saturated rings. The number of carbonyl (C=O) groups excluding carboxylic acids is 1. The lowest BCUT2D eigenvalue weighted by atomic mass is 10.1. The molecule has 0 aromatic carbocycles. The predicted molar refractivity (Wildman–Crippen MR) is 66.1 cm³/mol. The van der Waals surface area contributed by atoms with E-state index in [2.05, 4.69) is 5.10 Å². The van der Waals surface area contributed by atoms with Gasteiger partial charge in [-0.1, -0.05) is 0 Å². The van der Waals surface area contributed by atoms with Crippen LogP contribution in [0.2, 0.25) is 0 Å². The molecule has 1 amide bonds. The third-order valence-corrected chi connectivity index (χ3v) is 3.18. The molecule has 1 aliphatic heterocycles. The molecule has 1 unspecified atom stereocenters. The summed E-state index contributed by atoms with van der Waals surface area (Å²) in [5.41, 5.74) is 10.8. The van der Waals surface area contributed by atoms with Crippen molar-refractivity contribution in [2.75, 3.05) is 18.0 Å². The van der Waals surface area contributed by atoms with Crippen LogP contribution < -0.4 is 16.4 Å². The molecule has 0 aliphatic carbocycles. The molecule has 1 aromatic rings. The predicted octanol–water partition coefficient (Wildman–Crippen LogP) is 0.0818. The van der Waals surface area contributed by atoms with Crippen molar-refractivity contribution in [2.45, 2.75) is 24.8 Å². The second-order valence-corrected chi connectivity index (χ2v) is 4.91. The summed E-state index contributed by atoms with van der Waals surface area (Å²) >= 11 is 0. The molecule has 19 heavy (non-hydrogen) atoms. The van der Waals surface area contributed by atoms with E-state index < -0.39 is 24.4 Å². The lowest BCUT2D eigenvalue weighted by molar-refractivity contribution is -0.000550. The van der Waals surface area contributed by atoms with Gasteiger partial charge in [-0.15, -0.1) is 0 Å². The highest BCUT2D eigenvalue weighted by atomic mass is 19.3. The molecule has 1 saturated heterocycles. The molecule has 8 heteroatoms. The van der Waals surface area contributed by atoms with Crippen LogP contribution in [0.5, 0.6) is 0 Å². The van der Waals surface area contributed by atoms with Crippen LogP contribution in [0.25, 0.3) is 0 Å². The van der Waals surface area contributed by atoms with Gasteiger partial charge < -0.3 is 16.4 Å². The lowest BCUT2D eigenvalue weighted by Crippen LogP contribution is -2.36. The average Bonchev–Trinajstić information content (AvgIpc) is 2.59. The zero-order valence-corrected chi connectivity index (χ0v) is 10.6. The molecule has 0 bridgehead atoms. The van der Waals surface area contributed by atoms with Crippen molar-refractivity contribution in [1.82, 2.24) is 9.78 Å². The standard InChI is InChI=1S/C11H17F2N5O/c1-17-9(4-8(16-17)10(15)19)18-3-2-7(14)5-11(12,13)6-18/h4,7H,2-3,5-6,14H2,1H3,(H2,15,19). The Hall–Kier alpha value is -1.70. The SMILES string of the molecule is Cn1nc(C(N)=O)cc1N1CCC(N)CC(F)(F)C1. The van der Waals surface area contributed by atoms with Crippen LogP contribution in [0, 0.1) is 0 Å². The lowest BCUT2D eigenvalue weighted by Gasteiger charge is -2.25. The Kier molecular flexibility index (Phi) is 3.44. The summed E-state index contributed by atoms with van der Waals surface area (Å²) in [5.74, 6) is -3.09. The summed E-state index contributed by atoms with van der Waals surface area (Å²) in [7, 11) is 1.59. The van der Waals surface area contributed by atoms with Crippen LogP contribution in [-0.2, 0) is 7.05 Å². The minimum absolute atomic E-state index is 0.0642. The van der Waals surface area contributed by atoms with E-state index >= 15 is 0 Å². The first-order valence-corrected chi connectivity index (χ1v) is 6.01. The number of halogens is 2. The van der Waals surface area contributed by atoms with E-state index in [0.717, 1.165) is 0 Å². The number of hydrogen-bond acceptors (Lipinski definition) is 4. The van der Waals surface area contributed by atoms with Gasteiger partial charge in [-0.3, -0.25) is 9.48 Å². The Morgan fingerprint density at radius 2 is 2.26 bits per heavy atom. The molecular weight excluding hydrogens is 256 g/mol. The largest absolute Gasteiger partial charge is 0.364 e. The van der Waals surface area contributed by atoms with Crippen LogP contribution in [0.4, 0.5) is 14.6 Å². The van der Waals surface area contributed by atoms with Crippen molar-refractivity contribution in [3.05, 3.63) is 11.8 Å². The normalized spacial score (nSPS) is 23.2. The van der Waals surface area contributed by atoms with E-state index in [1.165, 1.54) is 15.6 Å². The van der Waals surface area contributed by atoms with Crippen molar-refractivity contribution >= 4 is 11.7 Å². The fourth-order valence-electron chi connectivity index (χ4n) is 2.30. The van der Waals surface area contributed by atoms with Crippen LogP contribution >= 0.6 is 0 Å². The second-order valence-electron chi connectivity index (χ2n) is 4.91. The van der Waals surface area contributed by atoms with Crippen molar-refractivity contribution < 1.29 is 13.6 Å². The number of amides is 1. The highest BCUT2D eigenvalue weighted by Crippen LogP contribution is 2.29. The molecule has 0 spiro atoms. The number of aromatic nitrogens is 2. The fraction of sp³-hybridized carbons (Fsp3) is 0.636. The van der Waals surface area contributed by atoms with E-state index in [1.807, 2.05) is 0 Å². The Bertz CT molecular complexity index is 487. The van der Waals surface area contributed by atoms with Gasteiger partial charge in [-0.2, -0.15) is 5.10 Å². The first-order valence-electron chi connectivity index (χ1n) is 6.01. The zero-order valence-electron chi connectivity index (χ0n) is 10.6. The summed E-state index contributed by atoms with van der Waals surface area (Å²) in [4.78, 5) is 12.5. The van der Waals surface area contributed by atoms with E-state index in [0.29, 0.717) is 18.8 Å². The van der Waals surface area contributed by atoms with E-state index in [4.69, 9.17) is 11.5 Å². The molecule has 2 heterocycles. The van der Waals surface area contributed by atoms with Crippen molar-refractivity contribution in [3.8, 4) is 0 Å². The highest BCUT2D eigenvalue weighted by molar-refractivity contribution is 5.91. The first-order chi connectivity index (χ1) is 8.78. The smallest absolute Gasteiger partial charge is 0.269 e. The Morgan fingerprint density at radius 3 is 2.84 bits per heavy atom. The number of alkyl halides is 2. The molecule has 6 nitrogen and oxygen atoms in total. The molecule has 0 radical (unpaired) electrons. The molecule has 1 aliphatic rings. The van der Waals surface area contributed by atoms with Gasteiger partial charge in [0.2, 0.25) is 0 Å². The van der Waals surface area contributed by atoms with Crippen molar-refractivity contribution in [3.63, 3.8) is 0 Å².